The number of hydrazone groups is 1. The number of benzene rings is 1. The van der Waals surface area contributed by atoms with Gasteiger partial charge in [0.1, 0.15) is 0 Å². The molecule has 16 heavy (non-hydrogen) atoms. The molecule has 1 aromatic carbocycles. The molecule has 0 saturated carbocycles. The molecule has 1 rings (SSSR count). The Bertz CT molecular complexity index is 410. The lowest BCUT2D eigenvalue weighted by Crippen LogP contribution is -2.25. The molecule has 0 amide bonds. The maximum atomic E-state index is 6.94. The molecule has 0 aromatic heterocycles. The first-order valence-electron chi connectivity index (χ1n) is 4.70. The summed E-state index contributed by atoms with van der Waals surface area (Å²) in [6, 6.07) is 5.64. The highest BCUT2D eigenvalue weighted by Crippen LogP contribution is 2.17. The highest BCUT2D eigenvalue weighted by Gasteiger charge is 2.00. The van der Waals surface area contributed by atoms with Crippen LogP contribution in [-0.2, 0) is 0 Å². The van der Waals surface area contributed by atoms with Crippen LogP contribution < -0.4 is 21.8 Å². The molecule has 0 aliphatic carbocycles. The molecule has 1 aromatic rings. The van der Waals surface area contributed by atoms with E-state index in [9.17, 15) is 0 Å². The van der Waals surface area contributed by atoms with Crippen LogP contribution in [-0.4, -0.2) is 26.3 Å². The second-order valence-electron chi connectivity index (χ2n) is 3.49. The third kappa shape index (κ3) is 3.16. The Labute approximate surface area is 94.4 Å². The first-order chi connectivity index (χ1) is 7.50. The summed E-state index contributed by atoms with van der Waals surface area (Å²) in [6.07, 6.45) is 1.53. The van der Waals surface area contributed by atoms with Crippen LogP contribution in [0.1, 0.15) is 5.56 Å². The van der Waals surface area contributed by atoms with E-state index in [0.717, 1.165) is 11.3 Å². The topological polar surface area (TPSA) is 104 Å². The van der Waals surface area contributed by atoms with Gasteiger partial charge in [-0.25, -0.2) is 5.43 Å². The minimum Gasteiger partial charge on any atom is -0.398 e. The van der Waals surface area contributed by atoms with Gasteiger partial charge in [-0.2, -0.15) is 5.10 Å². The Morgan fingerprint density at radius 1 is 1.50 bits per heavy atom. The quantitative estimate of drug-likeness (QED) is 0.252. The zero-order valence-corrected chi connectivity index (χ0v) is 9.36. The summed E-state index contributed by atoms with van der Waals surface area (Å²) < 4.78 is 0. The van der Waals surface area contributed by atoms with E-state index in [1.54, 1.807) is 0 Å². The standard InChI is InChI=1S/C10H16N6/c1-16(2)8-3-4-9(11)7(5-8)6-14-15-10(12)13/h3-6H,11H2,1-2H3,(H4,12,13,15)/b14-6+. The first kappa shape index (κ1) is 11.8. The van der Waals surface area contributed by atoms with Crippen molar-refractivity contribution in [2.24, 2.45) is 10.8 Å². The second kappa shape index (κ2) is 5.01. The van der Waals surface area contributed by atoms with Gasteiger partial charge in [0.25, 0.3) is 0 Å². The number of nitrogens with one attached hydrogen (secondary N) is 2. The summed E-state index contributed by atoms with van der Waals surface area (Å²) in [4.78, 5) is 1.97. The highest BCUT2D eigenvalue weighted by molar-refractivity contribution is 5.89. The van der Waals surface area contributed by atoms with Gasteiger partial charge in [-0.05, 0) is 18.2 Å². The summed E-state index contributed by atoms with van der Waals surface area (Å²) in [7, 11) is 3.89. The zero-order valence-electron chi connectivity index (χ0n) is 9.36. The number of hydrogen-bond acceptors (Lipinski definition) is 4. The van der Waals surface area contributed by atoms with Crippen molar-refractivity contribution < 1.29 is 0 Å². The lowest BCUT2D eigenvalue weighted by atomic mass is 10.1. The maximum Gasteiger partial charge on any atom is 0.206 e. The monoisotopic (exact) mass is 220 g/mol. The van der Waals surface area contributed by atoms with Crippen molar-refractivity contribution in [3.05, 3.63) is 23.8 Å². The van der Waals surface area contributed by atoms with Gasteiger partial charge in [-0.1, -0.05) is 0 Å². The molecule has 6 heteroatoms. The van der Waals surface area contributed by atoms with Gasteiger partial charge in [-0.15, -0.1) is 0 Å². The Morgan fingerprint density at radius 2 is 2.19 bits per heavy atom. The molecule has 0 heterocycles. The molecular formula is C10H16N6. The highest BCUT2D eigenvalue weighted by atomic mass is 15.3. The molecule has 6 nitrogen and oxygen atoms in total. The molecule has 0 unspecified atom stereocenters. The van der Waals surface area contributed by atoms with Crippen molar-refractivity contribution in [3.8, 4) is 0 Å². The number of nitrogens with zero attached hydrogens (tertiary/aromatic N) is 2. The van der Waals surface area contributed by atoms with Gasteiger partial charge in [0.15, 0.2) is 0 Å². The number of nitrogen functional groups attached to an aromatic ring is 1. The smallest absolute Gasteiger partial charge is 0.206 e. The molecular weight excluding hydrogens is 204 g/mol. The molecule has 0 aliphatic heterocycles. The van der Waals surface area contributed by atoms with Crippen molar-refractivity contribution in [1.29, 1.82) is 5.41 Å². The Kier molecular flexibility index (Phi) is 3.71. The van der Waals surface area contributed by atoms with Gasteiger partial charge < -0.3 is 16.4 Å². The molecule has 0 aliphatic rings. The average molecular weight is 220 g/mol. The molecule has 0 radical (unpaired) electrons. The summed E-state index contributed by atoms with van der Waals surface area (Å²) in [5.74, 6) is -0.210. The summed E-state index contributed by atoms with van der Waals surface area (Å²) in [6.45, 7) is 0. The normalized spacial score (nSPS) is 10.4. The fourth-order valence-electron chi connectivity index (χ4n) is 1.12. The van der Waals surface area contributed by atoms with E-state index in [1.807, 2.05) is 37.2 Å². The SMILES string of the molecule is CN(C)c1ccc(N)c(/C=N/NC(=N)N)c1. The van der Waals surface area contributed by atoms with Crippen LogP contribution in [0.2, 0.25) is 0 Å². The minimum absolute atomic E-state index is 0.210. The predicted molar refractivity (Wildman–Crippen MR) is 67.8 cm³/mol. The first-order valence-corrected chi connectivity index (χ1v) is 4.70. The molecule has 86 valence electrons. The lowest BCUT2D eigenvalue weighted by Gasteiger charge is -2.13. The lowest BCUT2D eigenvalue weighted by molar-refractivity contribution is 1.00. The van der Waals surface area contributed by atoms with Crippen molar-refractivity contribution in [1.82, 2.24) is 5.43 Å². The Morgan fingerprint density at radius 3 is 2.75 bits per heavy atom. The van der Waals surface area contributed by atoms with Crippen molar-refractivity contribution in [2.45, 2.75) is 0 Å². The summed E-state index contributed by atoms with van der Waals surface area (Å²) in [5.41, 5.74) is 15.6. The van der Waals surface area contributed by atoms with Crippen LogP contribution in [0.25, 0.3) is 0 Å². The van der Waals surface area contributed by atoms with Crippen LogP contribution in [0.4, 0.5) is 11.4 Å². The van der Waals surface area contributed by atoms with E-state index in [0.29, 0.717) is 5.69 Å². The Hall–Kier alpha value is -2.24. The van der Waals surface area contributed by atoms with Crippen molar-refractivity contribution in [2.75, 3.05) is 24.7 Å². The minimum atomic E-state index is -0.210. The van der Waals surface area contributed by atoms with Crippen LogP contribution in [0, 0.1) is 5.41 Å². The van der Waals surface area contributed by atoms with Gasteiger partial charge in [0, 0.05) is 31.0 Å². The molecule has 0 fully saturated rings. The van der Waals surface area contributed by atoms with Gasteiger partial charge in [-0.3, -0.25) is 5.41 Å². The van der Waals surface area contributed by atoms with Crippen LogP contribution in [0.3, 0.4) is 0 Å². The van der Waals surface area contributed by atoms with Gasteiger partial charge in [0.2, 0.25) is 5.96 Å². The molecule has 0 atom stereocenters. The molecule has 0 bridgehead atoms. The summed E-state index contributed by atoms with van der Waals surface area (Å²) >= 11 is 0. The van der Waals surface area contributed by atoms with E-state index < -0.39 is 0 Å². The second-order valence-corrected chi connectivity index (χ2v) is 3.49. The van der Waals surface area contributed by atoms with E-state index in [4.69, 9.17) is 16.9 Å². The van der Waals surface area contributed by atoms with Crippen molar-refractivity contribution >= 4 is 23.5 Å². The molecule has 6 N–H and O–H groups in total. The van der Waals surface area contributed by atoms with Crippen LogP contribution in [0.5, 0.6) is 0 Å². The predicted octanol–water partition coefficient (Wildman–Crippen LogP) is 0.152. The fraction of sp³-hybridized carbons (Fsp3) is 0.200. The Balaban J connectivity index is 2.90. The maximum absolute atomic E-state index is 6.94. The third-order valence-electron chi connectivity index (χ3n) is 1.98. The third-order valence-corrected chi connectivity index (χ3v) is 1.98. The summed E-state index contributed by atoms with van der Waals surface area (Å²) in [5, 5.41) is 10.7. The van der Waals surface area contributed by atoms with E-state index in [-0.39, 0.29) is 5.96 Å². The van der Waals surface area contributed by atoms with Crippen LogP contribution in [0.15, 0.2) is 23.3 Å². The number of rotatable bonds is 3. The molecule has 0 saturated heterocycles. The number of hydrogen-bond donors (Lipinski definition) is 4. The van der Waals surface area contributed by atoms with E-state index >= 15 is 0 Å². The van der Waals surface area contributed by atoms with Gasteiger partial charge in [0.05, 0.1) is 6.21 Å². The van der Waals surface area contributed by atoms with Gasteiger partial charge >= 0.3 is 0 Å². The molecule has 0 spiro atoms. The van der Waals surface area contributed by atoms with Crippen LogP contribution >= 0.6 is 0 Å². The van der Waals surface area contributed by atoms with Crippen molar-refractivity contribution in [3.63, 3.8) is 0 Å². The number of guanidine groups is 1. The number of anilines is 2. The van der Waals surface area contributed by atoms with E-state index in [2.05, 4.69) is 10.5 Å². The average Bonchev–Trinajstić information content (AvgIpc) is 2.20. The zero-order chi connectivity index (χ0) is 12.1. The largest absolute Gasteiger partial charge is 0.398 e. The van der Waals surface area contributed by atoms with E-state index in [1.165, 1.54) is 6.21 Å². The fourth-order valence-corrected chi connectivity index (χ4v) is 1.12. The number of nitrogens with two attached hydrogens (primary N) is 2.